The molecule has 0 aliphatic heterocycles. The van der Waals surface area contributed by atoms with Gasteiger partial charge in [-0.25, -0.2) is 4.98 Å². The van der Waals surface area contributed by atoms with Gasteiger partial charge in [-0.1, -0.05) is 0 Å². The summed E-state index contributed by atoms with van der Waals surface area (Å²) in [7, 11) is 0. The molecule has 2 rings (SSSR count). The summed E-state index contributed by atoms with van der Waals surface area (Å²) in [6.07, 6.45) is 3.60. The summed E-state index contributed by atoms with van der Waals surface area (Å²) in [5.74, 6) is 1.26. The largest absolute Gasteiger partial charge is 0.438 e. The Labute approximate surface area is 113 Å². The standard InChI is InChI=1S/C12H11BrN2OS/c1-17-10-4-2-9(3-5-10)16-12-11(13)6-8(14)7-15-12/h2-7H,14H2,1H3. The molecule has 3 nitrogen and oxygen atoms in total. The van der Waals surface area contributed by atoms with Gasteiger partial charge >= 0.3 is 0 Å². The van der Waals surface area contributed by atoms with E-state index in [1.165, 1.54) is 4.90 Å². The molecule has 0 spiro atoms. The molecule has 0 saturated carbocycles. The fourth-order valence-corrected chi connectivity index (χ4v) is 2.13. The van der Waals surface area contributed by atoms with Gasteiger partial charge in [0.05, 0.1) is 16.4 Å². The number of nitrogens with two attached hydrogens (primary N) is 1. The lowest BCUT2D eigenvalue weighted by molar-refractivity contribution is 0.459. The van der Waals surface area contributed by atoms with Crippen LogP contribution >= 0.6 is 27.7 Å². The van der Waals surface area contributed by atoms with Gasteiger partial charge in [0, 0.05) is 4.90 Å². The van der Waals surface area contributed by atoms with E-state index in [1.54, 1.807) is 24.0 Å². The van der Waals surface area contributed by atoms with Crippen molar-refractivity contribution < 1.29 is 4.74 Å². The summed E-state index contributed by atoms with van der Waals surface area (Å²) in [5, 5.41) is 0. The molecule has 0 fully saturated rings. The highest BCUT2D eigenvalue weighted by molar-refractivity contribution is 9.10. The number of pyridine rings is 1. The molecule has 0 bridgehead atoms. The lowest BCUT2D eigenvalue weighted by Gasteiger charge is -2.07. The number of rotatable bonds is 3. The highest BCUT2D eigenvalue weighted by Gasteiger charge is 2.04. The molecule has 1 aromatic carbocycles. The number of ether oxygens (including phenoxy) is 1. The predicted octanol–water partition coefficient (Wildman–Crippen LogP) is 3.94. The molecule has 0 unspecified atom stereocenters. The number of hydrogen-bond acceptors (Lipinski definition) is 4. The average Bonchev–Trinajstić information content (AvgIpc) is 2.34. The first kappa shape index (κ1) is 12.3. The van der Waals surface area contributed by atoms with E-state index in [2.05, 4.69) is 20.9 Å². The maximum Gasteiger partial charge on any atom is 0.233 e. The van der Waals surface area contributed by atoms with Crippen LogP contribution in [-0.4, -0.2) is 11.2 Å². The van der Waals surface area contributed by atoms with Gasteiger partial charge in [0.15, 0.2) is 0 Å². The molecule has 0 aliphatic rings. The number of halogens is 1. The van der Waals surface area contributed by atoms with Gasteiger partial charge in [-0.2, -0.15) is 0 Å². The van der Waals surface area contributed by atoms with Crippen molar-refractivity contribution in [1.82, 2.24) is 4.98 Å². The number of benzene rings is 1. The van der Waals surface area contributed by atoms with E-state index in [1.807, 2.05) is 30.5 Å². The van der Waals surface area contributed by atoms with Gasteiger partial charge in [0.1, 0.15) is 5.75 Å². The SMILES string of the molecule is CSc1ccc(Oc2ncc(N)cc2Br)cc1. The van der Waals surface area contributed by atoms with Crippen LogP contribution in [0.15, 0.2) is 45.9 Å². The minimum absolute atomic E-state index is 0.510. The second-order valence-corrected chi connectivity index (χ2v) is 5.07. The minimum atomic E-state index is 0.510. The van der Waals surface area contributed by atoms with Gasteiger partial charge in [-0.05, 0) is 52.5 Å². The molecule has 17 heavy (non-hydrogen) atoms. The molecular formula is C12H11BrN2OS. The van der Waals surface area contributed by atoms with Crippen molar-refractivity contribution in [2.24, 2.45) is 0 Å². The Morgan fingerprint density at radius 3 is 2.59 bits per heavy atom. The van der Waals surface area contributed by atoms with Crippen LogP contribution in [0.1, 0.15) is 0 Å². The number of thioether (sulfide) groups is 1. The van der Waals surface area contributed by atoms with Crippen LogP contribution in [0.5, 0.6) is 11.6 Å². The Balaban J connectivity index is 2.19. The van der Waals surface area contributed by atoms with Gasteiger partial charge in [-0.3, -0.25) is 0 Å². The second-order valence-electron chi connectivity index (χ2n) is 3.33. The molecule has 0 radical (unpaired) electrons. The van der Waals surface area contributed by atoms with Crippen molar-refractivity contribution in [1.29, 1.82) is 0 Å². The molecule has 0 atom stereocenters. The fourth-order valence-electron chi connectivity index (χ4n) is 1.27. The van der Waals surface area contributed by atoms with Crippen molar-refractivity contribution in [3.8, 4) is 11.6 Å². The topological polar surface area (TPSA) is 48.1 Å². The highest BCUT2D eigenvalue weighted by atomic mass is 79.9. The summed E-state index contributed by atoms with van der Waals surface area (Å²) in [6.45, 7) is 0. The Kier molecular flexibility index (Phi) is 3.91. The third kappa shape index (κ3) is 3.14. The van der Waals surface area contributed by atoms with E-state index in [0.717, 1.165) is 10.2 Å². The van der Waals surface area contributed by atoms with E-state index in [0.29, 0.717) is 11.6 Å². The number of nitrogens with zero attached hydrogens (tertiary/aromatic N) is 1. The number of nitrogen functional groups attached to an aromatic ring is 1. The molecular weight excluding hydrogens is 300 g/mol. The normalized spacial score (nSPS) is 10.2. The Hall–Kier alpha value is -1.20. The monoisotopic (exact) mass is 310 g/mol. The van der Waals surface area contributed by atoms with Gasteiger partial charge in [0.2, 0.25) is 5.88 Å². The lowest BCUT2D eigenvalue weighted by atomic mass is 10.3. The van der Waals surface area contributed by atoms with E-state index in [-0.39, 0.29) is 0 Å². The Morgan fingerprint density at radius 1 is 1.29 bits per heavy atom. The molecule has 5 heteroatoms. The molecule has 2 aromatic rings. The van der Waals surface area contributed by atoms with Gasteiger partial charge < -0.3 is 10.5 Å². The van der Waals surface area contributed by atoms with E-state index >= 15 is 0 Å². The lowest BCUT2D eigenvalue weighted by Crippen LogP contribution is -1.92. The van der Waals surface area contributed by atoms with Crippen LogP contribution < -0.4 is 10.5 Å². The summed E-state index contributed by atoms with van der Waals surface area (Å²) in [4.78, 5) is 5.31. The van der Waals surface area contributed by atoms with Gasteiger partial charge in [0.25, 0.3) is 0 Å². The van der Waals surface area contributed by atoms with Crippen LogP contribution in [0.2, 0.25) is 0 Å². The summed E-state index contributed by atoms with van der Waals surface area (Å²) >= 11 is 5.05. The zero-order chi connectivity index (χ0) is 12.3. The van der Waals surface area contributed by atoms with E-state index < -0.39 is 0 Å². The van der Waals surface area contributed by atoms with E-state index in [9.17, 15) is 0 Å². The predicted molar refractivity (Wildman–Crippen MR) is 74.6 cm³/mol. The quantitative estimate of drug-likeness (QED) is 0.872. The zero-order valence-electron chi connectivity index (χ0n) is 9.18. The zero-order valence-corrected chi connectivity index (χ0v) is 11.6. The average molecular weight is 311 g/mol. The molecule has 1 heterocycles. The first-order chi connectivity index (χ1) is 8.19. The molecule has 1 aromatic heterocycles. The van der Waals surface area contributed by atoms with Crippen molar-refractivity contribution in [3.05, 3.63) is 41.0 Å². The molecule has 0 aliphatic carbocycles. The Bertz CT molecular complexity index is 516. The molecule has 0 saturated heterocycles. The fraction of sp³-hybridized carbons (Fsp3) is 0.0833. The molecule has 2 N–H and O–H groups in total. The molecule has 88 valence electrons. The number of anilines is 1. The van der Waals surface area contributed by atoms with Crippen LogP contribution in [0, 0.1) is 0 Å². The molecule has 0 amide bonds. The van der Waals surface area contributed by atoms with Crippen LogP contribution in [0.4, 0.5) is 5.69 Å². The minimum Gasteiger partial charge on any atom is -0.438 e. The third-order valence-electron chi connectivity index (χ3n) is 2.10. The van der Waals surface area contributed by atoms with Crippen molar-refractivity contribution in [2.45, 2.75) is 4.90 Å². The van der Waals surface area contributed by atoms with Crippen molar-refractivity contribution >= 4 is 33.4 Å². The first-order valence-electron chi connectivity index (χ1n) is 4.92. The second kappa shape index (κ2) is 5.42. The van der Waals surface area contributed by atoms with Crippen molar-refractivity contribution in [3.63, 3.8) is 0 Å². The first-order valence-corrected chi connectivity index (χ1v) is 6.94. The van der Waals surface area contributed by atoms with Crippen LogP contribution in [-0.2, 0) is 0 Å². The Morgan fingerprint density at radius 2 is 2.00 bits per heavy atom. The number of hydrogen-bond donors (Lipinski definition) is 1. The van der Waals surface area contributed by atoms with Crippen LogP contribution in [0.3, 0.4) is 0 Å². The van der Waals surface area contributed by atoms with E-state index in [4.69, 9.17) is 10.5 Å². The van der Waals surface area contributed by atoms with Gasteiger partial charge in [-0.15, -0.1) is 11.8 Å². The van der Waals surface area contributed by atoms with Crippen LogP contribution in [0.25, 0.3) is 0 Å². The number of aromatic nitrogens is 1. The maximum absolute atomic E-state index is 5.64. The maximum atomic E-state index is 5.64. The van der Waals surface area contributed by atoms with Crippen molar-refractivity contribution in [2.75, 3.05) is 12.0 Å². The summed E-state index contributed by atoms with van der Waals surface area (Å²) < 4.78 is 6.38. The summed E-state index contributed by atoms with van der Waals surface area (Å²) in [5.41, 5.74) is 6.21. The smallest absolute Gasteiger partial charge is 0.233 e. The summed E-state index contributed by atoms with van der Waals surface area (Å²) in [6, 6.07) is 9.60. The third-order valence-corrected chi connectivity index (χ3v) is 3.41. The highest BCUT2D eigenvalue weighted by Crippen LogP contribution is 2.29.